The summed E-state index contributed by atoms with van der Waals surface area (Å²) in [7, 11) is 0. The maximum Gasteiger partial charge on any atom is 0.240 e. The highest BCUT2D eigenvalue weighted by Crippen LogP contribution is 2.20. The monoisotopic (exact) mass is 348 g/mol. The lowest BCUT2D eigenvalue weighted by molar-refractivity contribution is 0.622. The molecule has 1 heterocycles. The van der Waals surface area contributed by atoms with Crippen LogP contribution < -0.4 is 5.73 Å². The van der Waals surface area contributed by atoms with Gasteiger partial charge >= 0.3 is 0 Å². The van der Waals surface area contributed by atoms with Gasteiger partial charge in [-0.1, -0.05) is 22.0 Å². The van der Waals surface area contributed by atoms with E-state index in [9.17, 15) is 4.39 Å². The highest BCUT2D eigenvalue weighted by Gasteiger charge is 2.08. The Hall–Kier alpha value is -0.950. The average Bonchev–Trinajstić information content (AvgIpc) is 2.50. The summed E-state index contributed by atoms with van der Waals surface area (Å²) in [6, 6.07) is 4.49. The number of hydrogen-bond acceptors (Lipinski definition) is 3. The van der Waals surface area contributed by atoms with Gasteiger partial charge in [0.1, 0.15) is 5.82 Å². The first-order chi connectivity index (χ1) is 7.56. The molecule has 7 heteroatoms. The minimum absolute atomic E-state index is 0.199. The van der Waals surface area contributed by atoms with Crippen molar-refractivity contribution in [1.82, 2.24) is 14.8 Å². The summed E-state index contributed by atoms with van der Waals surface area (Å²) in [6.07, 6.45) is 0. The first-order valence-corrected chi connectivity index (χ1v) is 5.94. The van der Waals surface area contributed by atoms with Gasteiger partial charge in [0.05, 0.1) is 6.54 Å². The summed E-state index contributed by atoms with van der Waals surface area (Å²) in [6.45, 7) is 0.464. The van der Waals surface area contributed by atoms with E-state index in [0.717, 1.165) is 5.56 Å². The molecule has 0 radical (unpaired) electrons. The van der Waals surface area contributed by atoms with E-state index >= 15 is 0 Å². The van der Waals surface area contributed by atoms with Gasteiger partial charge in [-0.2, -0.15) is 4.98 Å². The molecule has 0 aliphatic heterocycles. The number of anilines is 1. The minimum Gasteiger partial charge on any atom is -0.366 e. The quantitative estimate of drug-likeness (QED) is 0.906. The lowest BCUT2D eigenvalue weighted by Crippen LogP contribution is -2.03. The fourth-order valence-electron chi connectivity index (χ4n) is 1.25. The van der Waals surface area contributed by atoms with E-state index in [1.807, 2.05) is 0 Å². The van der Waals surface area contributed by atoms with Gasteiger partial charge in [0.25, 0.3) is 0 Å². The van der Waals surface area contributed by atoms with Crippen LogP contribution >= 0.6 is 31.9 Å². The summed E-state index contributed by atoms with van der Waals surface area (Å²) in [4.78, 5) is 3.91. The third-order valence-electron chi connectivity index (χ3n) is 1.98. The number of halogens is 3. The minimum atomic E-state index is -0.284. The van der Waals surface area contributed by atoms with E-state index in [-0.39, 0.29) is 11.8 Å². The molecule has 2 aromatic rings. The Bertz CT molecular complexity index is 526. The highest BCUT2D eigenvalue weighted by molar-refractivity contribution is 9.10. The van der Waals surface area contributed by atoms with E-state index in [4.69, 9.17) is 5.73 Å². The van der Waals surface area contributed by atoms with Crippen LogP contribution in [-0.2, 0) is 6.54 Å². The summed E-state index contributed by atoms with van der Waals surface area (Å²) in [5, 5.41) is 3.99. The summed E-state index contributed by atoms with van der Waals surface area (Å²) in [5.74, 6) is -0.0853. The SMILES string of the molecule is Nc1nc(Br)n(Cc2ccc(F)cc2Br)n1. The Labute approximate surface area is 108 Å². The van der Waals surface area contributed by atoms with Crippen LogP contribution in [0.15, 0.2) is 27.4 Å². The fourth-order valence-corrected chi connectivity index (χ4v) is 2.11. The van der Waals surface area contributed by atoms with Crippen LogP contribution in [0.2, 0.25) is 0 Å². The number of hydrogen-bond donors (Lipinski definition) is 1. The van der Waals surface area contributed by atoms with Gasteiger partial charge in [0.2, 0.25) is 5.95 Å². The van der Waals surface area contributed by atoms with Crippen LogP contribution in [-0.4, -0.2) is 14.8 Å². The molecule has 0 saturated heterocycles. The van der Waals surface area contributed by atoms with Crippen molar-refractivity contribution in [3.8, 4) is 0 Å². The zero-order valence-corrected chi connectivity index (χ0v) is 11.2. The van der Waals surface area contributed by atoms with Crippen molar-refractivity contribution in [2.45, 2.75) is 6.54 Å². The third-order valence-corrected chi connectivity index (χ3v) is 3.30. The maximum absolute atomic E-state index is 12.9. The van der Waals surface area contributed by atoms with Crippen LogP contribution in [0.25, 0.3) is 0 Å². The van der Waals surface area contributed by atoms with Crippen molar-refractivity contribution >= 4 is 37.8 Å². The van der Waals surface area contributed by atoms with Gasteiger partial charge < -0.3 is 5.73 Å². The van der Waals surface area contributed by atoms with Crippen LogP contribution in [0.5, 0.6) is 0 Å². The largest absolute Gasteiger partial charge is 0.366 e. The normalized spacial score (nSPS) is 10.7. The van der Waals surface area contributed by atoms with Crippen LogP contribution in [0.4, 0.5) is 10.3 Å². The van der Waals surface area contributed by atoms with Crippen LogP contribution in [0, 0.1) is 5.82 Å². The zero-order chi connectivity index (χ0) is 11.7. The molecular formula is C9H7Br2FN4. The molecule has 4 nitrogen and oxygen atoms in total. The molecule has 2 N–H and O–H groups in total. The Kier molecular flexibility index (Phi) is 3.25. The topological polar surface area (TPSA) is 56.7 Å². The van der Waals surface area contributed by atoms with Crippen LogP contribution in [0.1, 0.15) is 5.56 Å². The number of nitrogen functional groups attached to an aromatic ring is 1. The Morgan fingerprint density at radius 2 is 2.12 bits per heavy atom. The summed E-state index contributed by atoms with van der Waals surface area (Å²) >= 11 is 6.52. The van der Waals surface area contributed by atoms with Crippen molar-refractivity contribution in [2.24, 2.45) is 0 Å². The summed E-state index contributed by atoms with van der Waals surface area (Å²) in [5.41, 5.74) is 6.35. The molecule has 2 rings (SSSR count). The average molecular weight is 350 g/mol. The Morgan fingerprint density at radius 1 is 1.38 bits per heavy atom. The van der Waals surface area contributed by atoms with Gasteiger partial charge in [0.15, 0.2) is 4.73 Å². The molecule has 0 spiro atoms. The number of benzene rings is 1. The smallest absolute Gasteiger partial charge is 0.240 e. The second-order valence-corrected chi connectivity index (χ2v) is 4.70. The zero-order valence-electron chi connectivity index (χ0n) is 7.99. The van der Waals surface area contributed by atoms with Crippen molar-refractivity contribution in [3.63, 3.8) is 0 Å². The number of rotatable bonds is 2. The molecule has 0 aliphatic rings. The molecule has 0 saturated carbocycles. The number of aromatic nitrogens is 3. The lowest BCUT2D eigenvalue weighted by atomic mass is 10.2. The predicted octanol–water partition coefficient (Wildman–Crippen LogP) is 2.57. The number of nitrogens with zero attached hydrogens (tertiary/aromatic N) is 3. The molecule has 0 unspecified atom stereocenters. The highest BCUT2D eigenvalue weighted by atomic mass is 79.9. The van der Waals surface area contributed by atoms with Gasteiger partial charge in [-0.25, -0.2) is 9.07 Å². The van der Waals surface area contributed by atoms with E-state index in [2.05, 4.69) is 41.9 Å². The van der Waals surface area contributed by atoms with Gasteiger partial charge in [-0.15, -0.1) is 5.10 Å². The van der Waals surface area contributed by atoms with E-state index < -0.39 is 0 Å². The van der Waals surface area contributed by atoms with Crippen molar-refractivity contribution < 1.29 is 4.39 Å². The fraction of sp³-hybridized carbons (Fsp3) is 0.111. The summed E-state index contributed by atoms with van der Waals surface area (Å²) < 4.78 is 15.7. The molecule has 0 fully saturated rings. The molecule has 0 bridgehead atoms. The molecule has 1 aromatic carbocycles. The van der Waals surface area contributed by atoms with Gasteiger partial charge in [-0.05, 0) is 33.6 Å². The Morgan fingerprint density at radius 3 is 2.69 bits per heavy atom. The first-order valence-electron chi connectivity index (χ1n) is 4.36. The second-order valence-electron chi connectivity index (χ2n) is 3.13. The number of nitrogens with two attached hydrogens (primary N) is 1. The van der Waals surface area contributed by atoms with E-state index in [0.29, 0.717) is 15.8 Å². The molecule has 0 amide bonds. The molecule has 84 valence electrons. The lowest BCUT2D eigenvalue weighted by Gasteiger charge is -2.05. The van der Waals surface area contributed by atoms with Crippen LogP contribution in [0.3, 0.4) is 0 Å². The van der Waals surface area contributed by atoms with Crippen molar-refractivity contribution in [1.29, 1.82) is 0 Å². The predicted molar refractivity (Wildman–Crippen MR) is 65.3 cm³/mol. The van der Waals surface area contributed by atoms with Gasteiger partial charge in [-0.3, -0.25) is 0 Å². The van der Waals surface area contributed by atoms with Gasteiger partial charge in [0, 0.05) is 4.47 Å². The molecule has 0 aliphatic carbocycles. The second kappa shape index (κ2) is 4.50. The first kappa shape index (κ1) is 11.5. The maximum atomic E-state index is 12.9. The molecular weight excluding hydrogens is 343 g/mol. The molecule has 16 heavy (non-hydrogen) atoms. The third kappa shape index (κ3) is 2.41. The standard InChI is InChI=1S/C9H7Br2FN4/c10-7-3-6(12)2-1-5(7)4-16-8(11)14-9(13)15-16/h1-3H,4H2,(H2,13,15). The van der Waals surface area contributed by atoms with Crippen molar-refractivity contribution in [3.05, 3.63) is 38.8 Å². The van der Waals surface area contributed by atoms with E-state index in [1.165, 1.54) is 12.1 Å². The Balaban J connectivity index is 2.30. The molecule has 0 atom stereocenters. The molecule has 1 aromatic heterocycles. The van der Waals surface area contributed by atoms with Crippen molar-refractivity contribution in [2.75, 3.05) is 5.73 Å². The van der Waals surface area contributed by atoms with E-state index in [1.54, 1.807) is 10.7 Å².